The predicted octanol–water partition coefficient (Wildman–Crippen LogP) is 4.63. The molecule has 3 aromatic rings. The summed E-state index contributed by atoms with van der Waals surface area (Å²) in [4.78, 5) is 12.9. The molecule has 0 aliphatic rings. The first-order valence-corrected chi connectivity index (χ1v) is 8.09. The van der Waals surface area contributed by atoms with Crippen LogP contribution in [0.4, 0.5) is 0 Å². The third-order valence-electron chi connectivity index (χ3n) is 3.51. The lowest BCUT2D eigenvalue weighted by atomic mass is 10.1. The van der Waals surface area contributed by atoms with Crippen LogP contribution in [-0.2, 0) is 0 Å². The number of nitrogens with one attached hydrogen (secondary N) is 1. The average Bonchev–Trinajstić information content (AvgIpc) is 2.96. The van der Waals surface area contributed by atoms with Gasteiger partial charge in [-0.05, 0) is 36.9 Å². The third kappa shape index (κ3) is 3.29. The minimum atomic E-state index is 0.0379. The Kier molecular flexibility index (Phi) is 4.48. The van der Waals surface area contributed by atoms with E-state index in [9.17, 15) is 5.11 Å². The molecule has 1 aromatic carbocycles. The molecule has 0 aliphatic heterocycles. The van der Waals surface area contributed by atoms with Crippen molar-refractivity contribution in [3.05, 3.63) is 55.4 Å². The summed E-state index contributed by atoms with van der Waals surface area (Å²) in [5.74, 6) is 0.244. The third-order valence-corrected chi connectivity index (χ3v) is 4.71. The van der Waals surface area contributed by atoms with E-state index in [2.05, 4.69) is 34.3 Å². The van der Waals surface area contributed by atoms with Gasteiger partial charge in [-0.3, -0.25) is 4.99 Å². The monoisotopic (exact) mass is 323 g/mol. The van der Waals surface area contributed by atoms with E-state index in [0.717, 1.165) is 33.5 Å². The molecule has 23 heavy (non-hydrogen) atoms. The Labute approximate surface area is 139 Å². The minimum absolute atomic E-state index is 0.0379. The summed E-state index contributed by atoms with van der Waals surface area (Å²) in [6.07, 6.45) is 6.35. The number of rotatable bonds is 6. The second-order valence-corrected chi connectivity index (χ2v) is 6.32. The number of nitrogens with zero attached hydrogens (tertiary/aromatic N) is 2. The Balaban J connectivity index is 1.99. The maximum atomic E-state index is 9.65. The predicted molar refractivity (Wildman–Crippen MR) is 97.2 cm³/mol. The van der Waals surface area contributed by atoms with Crippen molar-refractivity contribution >= 4 is 29.5 Å². The standard InChI is InChI=1S/C18H17N3OS/c1-3-5-17(19-2)23-16-11-21-18-15(16)9-13(10-20-18)12-6-4-7-14(22)8-12/h3-4,6-11,17,22H,1-2,5H2,(H,20,21). The first kappa shape index (κ1) is 15.4. The van der Waals surface area contributed by atoms with Crippen molar-refractivity contribution in [2.75, 3.05) is 0 Å². The summed E-state index contributed by atoms with van der Waals surface area (Å²) in [6, 6.07) is 9.23. The highest BCUT2D eigenvalue weighted by atomic mass is 32.2. The second-order valence-electron chi connectivity index (χ2n) is 5.10. The van der Waals surface area contributed by atoms with E-state index in [1.54, 1.807) is 30.1 Å². The number of fused-ring (bicyclic) bond motifs is 1. The Morgan fingerprint density at radius 2 is 2.22 bits per heavy atom. The molecule has 0 fully saturated rings. The summed E-state index contributed by atoms with van der Waals surface area (Å²) >= 11 is 1.64. The fourth-order valence-electron chi connectivity index (χ4n) is 2.37. The van der Waals surface area contributed by atoms with Crippen LogP contribution >= 0.6 is 11.8 Å². The van der Waals surface area contributed by atoms with E-state index in [1.165, 1.54) is 0 Å². The molecule has 0 saturated carbocycles. The van der Waals surface area contributed by atoms with E-state index in [-0.39, 0.29) is 11.1 Å². The normalized spacial score (nSPS) is 12.2. The Hall–Kier alpha value is -2.53. The van der Waals surface area contributed by atoms with Gasteiger partial charge in [-0.25, -0.2) is 4.98 Å². The van der Waals surface area contributed by atoms with Gasteiger partial charge in [0.05, 0.1) is 0 Å². The van der Waals surface area contributed by atoms with Gasteiger partial charge in [0, 0.05) is 28.2 Å². The lowest BCUT2D eigenvalue weighted by Gasteiger charge is -2.08. The largest absolute Gasteiger partial charge is 0.508 e. The van der Waals surface area contributed by atoms with Crippen molar-refractivity contribution in [3.63, 3.8) is 0 Å². The maximum absolute atomic E-state index is 9.65. The zero-order valence-electron chi connectivity index (χ0n) is 12.6. The van der Waals surface area contributed by atoms with Crippen molar-refractivity contribution in [2.45, 2.75) is 16.7 Å². The number of hydrogen-bond donors (Lipinski definition) is 2. The van der Waals surface area contributed by atoms with Crippen molar-refractivity contribution in [1.29, 1.82) is 0 Å². The van der Waals surface area contributed by atoms with Gasteiger partial charge in [-0.1, -0.05) is 30.0 Å². The molecule has 0 saturated heterocycles. The summed E-state index contributed by atoms with van der Waals surface area (Å²) < 4.78 is 0. The lowest BCUT2D eigenvalue weighted by Crippen LogP contribution is -1.94. The molecule has 4 nitrogen and oxygen atoms in total. The van der Waals surface area contributed by atoms with E-state index in [0.29, 0.717) is 0 Å². The van der Waals surface area contributed by atoms with Crippen LogP contribution in [-0.4, -0.2) is 27.2 Å². The van der Waals surface area contributed by atoms with Crippen LogP contribution in [0, 0.1) is 0 Å². The number of thioether (sulfide) groups is 1. The zero-order valence-corrected chi connectivity index (χ0v) is 13.4. The number of H-pyrrole nitrogens is 1. The second kappa shape index (κ2) is 6.71. The molecule has 116 valence electrons. The first-order valence-electron chi connectivity index (χ1n) is 7.21. The molecule has 0 spiro atoms. The average molecular weight is 323 g/mol. The molecule has 2 N–H and O–H groups in total. The number of benzene rings is 1. The van der Waals surface area contributed by atoms with Crippen LogP contribution in [0.3, 0.4) is 0 Å². The fourth-order valence-corrected chi connectivity index (χ4v) is 3.38. The Morgan fingerprint density at radius 3 is 2.96 bits per heavy atom. The van der Waals surface area contributed by atoms with Crippen LogP contribution in [0.15, 0.2) is 65.3 Å². The van der Waals surface area contributed by atoms with Gasteiger partial charge in [0.2, 0.25) is 0 Å². The Bertz CT molecular complexity index is 856. The van der Waals surface area contributed by atoms with Gasteiger partial charge in [-0.15, -0.1) is 6.58 Å². The van der Waals surface area contributed by atoms with Crippen molar-refractivity contribution in [2.24, 2.45) is 4.99 Å². The summed E-state index contributed by atoms with van der Waals surface area (Å²) in [5.41, 5.74) is 2.72. The van der Waals surface area contributed by atoms with Crippen molar-refractivity contribution in [1.82, 2.24) is 9.97 Å². The molecule has 1 atom stereocenters. The highest BCUT2D eigenvalue weighted by Gasteiger charge is 2.12. The SMILES string of the molecule is C=CCC(N=C)Sc1c[nH]c2ncc(-c3cccc(O)c3)cc12. The molecular weight excluding hydrogens is 306 g/mol. The van der Waals surface area contributed by atoms with Crippen LogP contribution in [0.5, 0.6) is 5.75 Å². The van der Waals surface area contributed by atoms with Gasteiger partial charge < -0.3 is 10.1 Å². The van der Waals surface area contributed by atoms with Crippen LogP contribution in [0.2, 0.25) is 0 Å². The number of hydrogen-bond acceptors (Lipinski definition) is 4. The van der Waals surface area contributed by atoms with Gasteiger partial charge in [-0.2, -0.15) is 0 Å². The molecule has 0 amide bonds. The quantitative estimate of drug-likeness (QED) is 0.395. The van der Waals surface area contributed by atoms with E-state index >= 15 is 0 Å². The number of phenols is 1. The highest BCUT2D eigenvalue weighted by Crippen LogP contribution is 2.34. The van der Waals surface area contributed by atoms with Gasteiger partial charge in [0.15, 0.2) is 0 Å². The molecule has 1 unspecified atom stereocenters. The number of aromatic nitrogens is 2. The highest BCUT2D eigenvalue weighted by molar-refractivity contribution is 8.00. The lowest BCUT2D eigenvalue weighted by molar-refractivity contribution is 0.475. The van der Waals surface area contributed by atoms with Gasteiger partial charge >= 0.3 is 0 Å². The first-order chi connectivity index (χ1) is 11.2. The van der Waals surface area contributed by atoms with E-state index in [4.69, 9.17) is 0 Å². The van der Waals surface area contributed by atoms with E-state index < -0.39 is 0 Å². The maximum Gasteiger partial charge on any atom is 0.138 e. The van der Waals surface area contributed by atoms with Crippen molar-refractivity contribution in [3.8, 4) is 16.9 Å². The molecule has 0 radical (unpaired) electrons. The van der Waals surface area contributed by atoms with E-state index in [1.807, 2.05) is 24.4 Å². The Morgan fingerprint density at radius 1 is 1.35 bits per heavy atom. The number of phenolic OH excluding ortho intramolecular Hbond substituents is 1. The van der Waals surface area contributed by atoms with Crippen molar-refractivity contribution < 1.29 is 5.11 Å². The molecule has 2 heterocycles. The van der Waals surface area contributed by atoms with Crippen LogP contribution in [0.25, 0.3) is 22.2 Å². The fraction of sp³-hybridized carbons (Fsp3) is 0.111. The number of aromatic hydroxyl groups is 1. The molecule has 0 bridgehead atoms. The molecular formula is C18H17N3OS. The van der Waals surface area contributed by atoms with Crippen LogP contribution < -0.4 is 0 Å². The number of aliphatic imine (C=N–C) groups is 1. The molecule has 0 aliphatic carbocycles. The summed E-state index contributed by atoms with van der Waals surface area (Å²) in [7, 11) is 0. The minimum Gasteiger partial charge on any atom is -0.508 e. The smallest absolute Gasteiger partial charge is 0.138 e. The number of aromatic amines is 1. The van der Waals surface area contributed by atoms with Crippen LogP contribution in [0.1, 0.15) is 6.42 Å². The summed E-state index contributed by atoms with van der Waals surface area (Å²) in [6.45, 7) is 7.40. The molecule has 3 rings (SSSR count). The number of pyridine rings is 1. The molecule has 2 aromatic heterocycles. The zero-order chi connectivity index (χ0) is 16.2. The van der Waals surface area contributed by atoms with Gasteiger partial charge in [0.1, 0.15) is 16.8 Å². The van der Waals surface area contributed by atoms with Gasteiger partial charge in [0.25, 0.3) is 0 Å². The topological polar surface area (TPSA) is 61.3 Å². The summed E-state index contributed by atoms with van der Waals surface area (Å²) in [5, 5.41) is 10.7. The molecule has 5 heteroatoms.